The number of anilines is 1. The summed E-state index contributed by atoms with van der Waals surface area (Å²) in [5, 5.41) is 7.53. The number of hydrogen-bond acceptors (Lipinski definition) is 6. The van der Waals surface area contributed by atoms with Crippen LogP contribution < -0.4 is 24.3 Å². The number of aromatic nitrogens is 2. The van der Waals surface area contributed by atoms with E-state index >= 15 is 0 Å². The van der Waals surface area contributed by atoms with Gasteiger partial charge in [0.25, 0.3) is 0 Å². The van der Waals surface area contributed by atoms with Crippen LogP contribution in [-0.2, 0) is 11.3 Å². The first-order valence-electron chi connectivity index (χ1n) is 9.62. The maximum atomic E-state index is 12.6. The molecule has 0 fully saturated rings. The Labute approximate surface area is 173 Å². The van der Waals surface area contributed by atoms with Crippen LogP contribution in [0.2, 0.25) is 0 Å². The molecule has 8 heteroatoms. The average Bonchev–Trinajstić information content (AvgIpc) is 3.39. The van der Waals surface area contributed by atoms with E-state index in [9.17, 15) is 4.79 Å². The van der Waals surface area contributed by atoms with Crippen molar-refractivity contribution in [1.82, 2.24) is 9.78 Å². The molecule has 2 aliphatic rings. The van der Waals surface area contributed by atoms with Gasteiger partial charge in [0.2, 0.25) is 12.7 Å². The van der Waals surface area contributed by atoms with Crippen molar-refractivity contribution in [3.05, 3.63) is 59.3 Å². The zero-order valence-corrected chi connectivity index (χ0v) is 16.7. The first-order valence-corrected chi connectivity index (χ1v) is 9.62. The fourth-order valence-corrected chi connectivity index (χ4v) is 3.99. The highest BCUT2D eigenvalue weighted by atomic mass is 16.7. The summed E-state index contributed by atoms with van der Waals surface area (Å²) in [6.07, 6.45) is 2.12. The molecule has 1 atom stereocenters. The maximum Gasteiger partial charge on any atom is 0.231 e. The van der Waals surface area contributed by atoms with Crippen molar-refractivity contribution >= 4 is 11.7 Å². The van der Waals surface area contributed by atoms with E-state index in [4.69, 9.17) is 18.9 Å². The van der Waals surface area contributed by atoms with Gasteiger partial charge in [0.1, 0.15) is 17.3 Å². The molecule has 0 saturated carbocycles. The van der Waals surface area contributed by atoms with Gasteiger partial charge >= 0.3 is 0 Å². The van der Waals surface area contributed by atoms with E-state index in [0.29, 0.717) is 30.3 Å². The van der Waals surface area contributed by atoms with Gasteiger partial charge in [0.05, 0.1) is 27.0 Å². The van der Waals surface area contributed by atoms with Gasteiger partial charge in [-0.15, -0.1) is 0 Å². The lowest BCUT2D eigenvalue weighted by atomic mass is 9.86. The minimum atomic E-state index is -0.177. The van der Waals surface area contributed by atoms with Crippen LogP contribution in [0.15, 0.2) is 42.6 Å². The fourth-order valence-electron chi connectivity index (χ4n) is 3.99. The fraction of sp³-hybridized carbons (Fsp3) is 0.273. The summed E-state index contributed by atoms with van der Waals surface area (Å²) in [5.74, 6) is 3.33. The van der Waals surface area contributed by atoms with E-state index in [-0.39, 0.29) is 18.6 Å². The van der Waals surface area contributed by atoms with E-state index in [2.05, 4.69) is 10.4 Å². The molecule has 3 aromatic rings. The van der Waals surface area contributed by atoms with Crippen molar-refractivity contribution in [2.24, 2.45) is 0 Å². The second-order valence-electron chi connectivity index (χ2n) is 7.21. The van der Waals surface area contributed by atoms with Crippen molar-refractivity contribution in [3.63, 3.8) is 0 Å². The zero-order valence-electron chi connectivity index (χ0n) is 16.7. The monoisotopic (exact) mass is 407 g/mol. The van der Waals surface area contributed by atoms with Crippen molar-refractivity contribution in [1.29, 1.82) is 0 Å². The summed E-state index contributed by atoms with van der Waals surface area (Å²) in [4.78, 5) is 12.6. The Morgan fingerprint density at radius 3 is 2.80 bits per heavy atom. The third kappa shape index (κ3) is 3.10. The smallest absolute Gasteiger partial charge is 0.231 e. The Hall–Kier alpha value is -3.68. The average molecular weight is 407 g/mol. The van der Waals surface area contributed by atoms with E-state index in [1.165, 1.54) is 0 Å². The highest BCUT2D eigenvalue weighted by molar-refractivity contribution is 5.94. The third-order valence-electron chi connectivity index (χ3n) is 5.47. The highest BCUT2D eigenvalue weighted by Gasteiger charge is 2.32. The van der Waals surface area contributed by atoms with E-state index in [0.717, 1.165) is 28.2 Å². The van der Waals surface area contributed by atoms with E-state index in [1.807, 2.05) is 42.6 Å². The summed E-state index contributed by atoms with van der Waals surface area (Å²) >= 11 is 0. The number of nitrogens with one attached hydrogen (secondary N) is 1. The number of ether oxygens (including phenoxy) is 4. The van der Waals surface area contributed by atoms with E-state index < -0.39 is 0 Å². The van der Waals surface area contributed by atoms with Crippen LogP contribution >= 0.6 is 0 Å². The van der Waals surface area contributed by atoms with Crippen LogP contribution in [0.5, 0.6) is 23.0 Å². The van der Waals surface area contributed by atoms with Crippen molar-refractivity contribution in [3.8, 4) is 23.0 Å². The van der Waals surface area contributed by atoms with Gasteiger partial charge in [-0.3, -0.25) is 4.79 Å². The number of rotatable bonds is 5. The lowest BCUT2D eigenvalue weighted by molar-refractivity contribution is -0.116. The molecule has 1 unspecified atom stereocenters. The summed E-state index contributed by atoms with van der Waals surface area (Å²) in [6, 6.07) is 11.4. The SMILES string of the molecule is COc1ccc(OC)c(C2CC(=O)Nc3c2cnn3Cc2ccc3c(c2)OCO3)c1. The number of carbonyl (C=O) groups is 1. The third-order valence-corrected chi connectivity index (χ3v) is 5.47. The zero-order chi connectivity index (χ0) is 20.7. The molecule has 0 spiro atoms. The minimum Gasteiger partial charge on any atom is -0.497 e. The number of amides is 1. The van der Waals surface area contributed by atoms with Crippen LogP contribution in [0.3, 0.4) is 0 Å². The lowest BCUT2D eigenvalue weighted by Gasteiger charge is -2.25. The number of fused-ring (bicyclic) bond motifs is 2. The molecule has 3 heterocycles. The highest BCUT2D eigenvalue weighted by Crippen LogP contribution is 2.42. The van der Waals surface area contributed by atoms with Crippen LogP contribution in [0, 0.1) is 0 Å². The Kier molecular flexibility index (Phi) is 4.46. The number of benzene rings is 2. The molecule has 0 saturated heterocycles. The molecule has 1 N–H and O–H groups in total. The van der Waals surface area contributed by atoms with Crippen LogP contribution in [0.4, 0.5) is 5.82 Å². The predicted octanol–water partition coefficient (Wildman–Crippen LogP) is 3.15. The first-order chi connectivity index (χ1) is 14.7. The standard InChI is InChI=1S/C22H21N3O5/c1-27-14-4-6-18(28-2)16(8-14)15-9-21(26)24-22-17(15)10-23-25(22)11-13-3-5-19-20(7-13)30-12-29-19/h3-8,10,15H,9,11-12H2,1-2H3,(H,24,26). The summed E-state index contributed by atoms with van der Waals surface area (Å²) in [6.45, 7) is 0.726. The van der Waals surface area contributed by atoms with Crippen LogP contribution in [-0.4, -0.2) is 36.7 Å². The van der Waals surface area contributed by atoms with Gasteiger partial charge in [-0.25, -0.2) is 4.68 Å². The number of methoxy groups -OCH3 is 2. The molecular formula is C22H21N3O5. The molecule has 1 aromatic heterocycles. The van der Waals surface area contributed by atoms with Gasteiger partial charge in [0, 0.05) is 23.5 Å². The largest absolute Gasteiger partial charge is 0.497 e. The summed E-state index contributed by atoms with van der Waals surface area (Å²) < 4.78 is 23.6. The molecule has 5 rings (SSSR count). The lowest BCUT2D eigenvalue weighted by Crippen LogP contribution is -2.25. The molecule has 154 valence electrons. The van der Waals surface area contributed by atoms with Gasteiger partial charge in [-0.05, 0) is 35.9 Å². The molecule has 0 aliphatic carbocycles. The molecule has 2 aliphatic heterocycles. The van der Waals surface area contributed by atoms with Gasteiger partial charge in [-0.1, -0.05) is 6.07 Å². The second kappa shape index (κ2) is 7.29. The Morgan fingerprint density at radius 2 is 1.97 bits per heavy atom. The Balaban J connectivity index is 1.51. The predicted molar refractivity (Wildman–Crippen MR) is 109 cm³/mol. The molecule has 8 nitrogen and oxygen atoms in total. The van der Waals surface area contributed by atoms with E-state index in [1.54, 1.807) is 18.9 Å². The summed E-state index contributed by atoms with van der Waals surface area (Å²) in [5.41, 5.74) is 2.85. The molecule has 0 radical (unpaired) electrons. The number of hydrogen-bond donors (Lipinski definition) is 1. The topological polar surface area (TPSA) is 83.8 Å². The Bertz CT molecular complexity index is 1120. The molecule has 30 heavy (non-hydrogen) atoms. The minimum absolute atomic E-state index is 0.0650. The Morgan fingerprint density at radius 1 is 1.10 bits per heavy atom. The molecule has 2 aromatic carbocycles. The van der Waals surface area contributed by atoms with Gasteiger partial charge in [0.15, 0.2) is 11.5 Å². The second-order valence-corrected chi connectivity index (χ2v) is 7.21. The van der Waals surface area contributed by atoms with Crippen LogP contribution in [0.25, 0.3) is 0 Å². The van der Waals surface area contributed by atoms with Crippen molar-refractivity contribution < 1.29 is 23.7 Å². The first kappa shape index (κ1) is 18.4. The van der Waals surface area contributed by atoms with Crippen molar-refractivity contribution in [2.75, 3.05) is 26.3 Å². The summed E-state index contributed by atoms with van der Waals surface area (Å²) in [7, 11) is 3.24. The number of carbonyl (C=O) groups excluding carboxylic acids is 1. The number of nitrogens with zero attached hydrogens (tertiary/aromatic N) is 2. The van der Waals surface area contributed by atoms with Crippen molar-refractivity contribution in [2.45, 2.75) is 18.9 Å². The van der Waals surface area contributed by atoms with Gasteiger partial charge in [-0.2, -0.15) is 5.10 Å². The normalized spacial score (nSPS) is 16.7. The van der Waals surface area contributed by atoms with Gasteiger partial charge < -0.3 is 24.3 Å². The molecule has 1 amide bonds. The molecular weight excluding hydrogens is 386 g/mol. The molecule has 0 bridgehead atoms. The quantitative estimate of drug-likeness (QED) is 0.700. The maximum absolute atomic E-state index is 12.6. The van der Waals surface area contributed by atoms with Crippen LogP contribution in [0.1, 0.15) is 29.0 Å².